The van der Waals surface area contributed by atoms with E-state index in [4.69, 9.17) is 9.47 Å². The van der Waals surface area contributed by atoms with Crippen LogP contribution in [0.4, 0.5) is 0 Å². The molecule has 266 valence electrons. The van der Waals surface area contributed by atoms with Crippen LogP contribution in [-0.4, -0.2) is 29.8 Å². The average molecular weight is 655 g/mol. The number of hydrogen-bond donors (Lipinski definition) is 1. The predicted octanol–water partition coefficient (Wildman–Crippen LogP) is 12.4. The second-order valence-corrected chi connectivity index (χ2v) is 13.8. The Morgan fingerprint density at radius 1 is 0.422 bits per heavy atom. The molecule has 0 aliphatic rings. The van der Waals surface area contributed by atoms with Crippen LogP contribution >= 0.6 is 12.6 Å². The first-order valence-electron chi connectivity index (χ1n) is 19.6. The molecular formula is C39H74O5S. The van der Waals surface area contributed by atoms with Gasteiger partial charge in [-0.25, -0.2) is 0 Å². The van der Waals surface area contributed by atoms with Crippen molar-refractivity contribution < 1.29 is 23.9 Å². The van der Waals surface area contributed by atoms with Gasteiger partial charge >= 0.3 is 11.9 Å². The fraction of sp³-hybridized carbons (Fsp3) is 0.923. The summed E-state index contributed by atoms with van der Waals surface area (Å²) in [4.78, 5) is 36.1. The van der Waals surface area contributed by atoms with Crippen molar-refractivity contribution in [3.63, 3.8) is 0 Å². The van der Waals surface area contributed by atoms with E-state index in [1.807, 2.05) is 0 Å². The minimum absolute atomic E-state index is 0.246. The fourth-order valence-electron chi connectivity index (χ4n) is 5.90. The minimum Gasteiger partial charge on any atom is -0.461 e. The van der Waals surface area contributed by atoms with Gasteiger partial charge in [-0.2, -0.15) is 0 Å². The number of esters is 2. The average Bonchev–Trinajstić information content (AvgIpc) is 3.02. The molecule has 45 heavy (non-hydrogen) atoms. The van der Waals surface area contributed by atoms with E-state index in [9.17, 15) is 14.4 Å². The number of carbonyl (C=O) groups excluding carboxylic acids is 3. The van der Waals surface area contributed by atoms with Crippen LogP contribution in [0.5, 0.6) is 0 Å². The number of carbonyl (C=O) groups is 3. The number of rotatable bonds is 36. The fourth-order valence-corrected chi connectivity index (χ4v) is 6.02. The Hall–Kier alpha value is -1.04. The zero-order valence-electron chi connectivity index (χ0n) is 29.9. The lowest BCUT2D eigenvalue weighted by Crippen LogP contribution is -2.30. The maximum absolute atomic E-state index is 12.2. The third-order valence-electron chi connectivity index (χ3n) is 8.91. The van der Waals surface area contributed by atoms with Gasteiger partial charge in [0.25, 0.3) is 0 Å². The van der Waals surface area contributed by atoms with Gasteiger partial charge in [0, 0.05) is 12.8 Å². The Morgan fingerprint density at radius 2 is 0.689 bits per heavy atom. The van der Waals surface area contributed by atoms with E-state index < -0.39 is 17.2 Å². The van der Waals surface area contributed by atoms with Crippen LogP contribution in [0.15, 0.2) is 0 Å². The van der Waals surface area contributed by atoms with Crippen molar-refractivity contribution in [1.82, 2.24) is 0 Å². The molecule has 0 radical (unpaired) electrons. The molecule has 0 aromatic heterocycles. The van der Waals surface area contributed by atoms with Gasteiger partial charge in [-0.05, 0) is 12.8 Å². The minimum atomic E-state index is -1.12. The van der Waals surface area contributed by atoms with E-state index in [2.05, 4.69) is 26.5 Å². The summed E-state index contributed by atoms with van der Waals surface area (Å²) in [5.41, 5.74) is 0. The summed E-state index contributed by atoms with van der Waals surface area (Å²) in [5, 5.41) is -0.584. The Balaban J connectivity index is 3.61. The van der Waals surface area contributed by atoms with Gasteiger partial charge in [-0.3, -0.25) is 14.4 Å². The lowest BCUT2D eigenvalue weighted by Gasteiger charge is -2.15. The summed E-state index contributed by atoms with van der Waals surface area (Å²) in [6.07, 6.45) is 37.6. The second kappa shape index (κ2) is 35.8. The van der Waals surface area contributed by atoms with Crippen molar-refractivity contribution in [2.75, 3.05) is 6.61 Å². The van der Waals surface area contributed by atoms with E-state index in [-0.39, 0.29) is 19.0 Å². The lowest BCUT2D eigenvalue weighted by atomic mass is 10.0. The monoisotopic (exact) mass is 655 g/mol. The molecule has 0 rings (SSSR count). The molecule has 6 heteroatoms. The Labute approximate surface area is 284 Å². The van der Waals surface area contributed by atoms with E-state index >= 15 is 0 Å². The number of unbranched alkanes of at least 4 members (excludes halogenated alkanes) is 28. The largest absolute Gasteiger partial charge is 0.461 e. The summed E-state index contributed by atoms with van der Waals surface area (Å²) in [6, 6.07) is 0. The first-order valence-corrected chi connectivity index (χ1v) is 20.0. The quantitative estimate of drug-likeness (QED) is 0.0413. The van der Waals surface area contributed by atoms with Crippen LogP contribution in [0.2, 0.25) is 0 Å². The van der Waals surface area contributed by atoms with Gasteiger partial charge in [0.15, 0.2) is 0 Å². The van der Waals surface area contributed by atoms with Gasteiger partial charge in [0.2, 0.25) is 11.2 Å². The second-order valence-electron chi connectivity index (χ2n) is 13.4. The van der Waals surface area contributed by atoms with Crippen LogP contribution in [0.25, 0.3) is 0 Å². The standard InChI is InChI=1S/C39H74O5S/c1-3-5-7-9-11-13-15-17-19-21-23-25-27-29-31-33-37(40)43-35-36(39(42)45)44-38(41)34-32-30-28-26-24-22-20-18-16-14-12-10-8-6-4-2/h36H,3-35H2,1-2H3,(H,42,45)/t36-/m1/s1. The van der Waals surface area contributed by atoms with Crippen molar-refractivity contribution in [3.05, 3.63) is 0 Å². The molecule has 0 aromatic carbocycles. The van der Waals surface area contributed by atoms with Crippen LogP contribution in [0, 0.1) is 0 Å². The highest BCUT2D eigenvalue weighted by molar-refractivity contribution is 7.96. The van der Waals surface area contributed by atoms with Crippen LogP contribution < -0.4 is 0 Å². The molecule has 0 amide bonds. The first-order chi connectivity index (χ1) is 22.0. The molecular weight excluding hydrogens is 580 g/mol. The molecule has 0 heterocycles. The molecule has 0 aliphatic heterocycles. The van der Waals surface area contributed by atoms with Crippen molar-refractivity contribution in [2.45, 2.75) is 225 Å². The van der Waals surface area contributed by atoms with Gasteiger partial charge in [0.1, 0.15) is 6.61 Å². The number of thiol groups is 1. The summed E-state index contributed by atoms with van der Waals surface area (Å²) in [6.45, 7) is 4.29. The van der Waals surface area contributed by atoms with Crippen molar-refractivity contribution in [3.8, 4) is 0 Å². The molecule has 0 unspecified atom stereocenters. The summed E-state index contributed by atoms with van der Waals surface area (Å²) >= 11 is 3.83. The van der Waals surface area contributed by atoms with E-state index in [1.165, 1.54) is 154 Å². The Kier molecular flexibility index (Phi) is 35.0. The summed E-state index contributed by atoms with van der Waals surface area (Å²) in [5.74, 6) is -0.765. The van der Waals surface area contributed by atoms with E-state index in [0.717, 1.165) is 38.5 Å². The Bertz CT molecular complexity index is 668. The zero-order chi connectivity index (χ0) is 33.1. The van der Waals surface area contributed by atoms with Crippen LogP contribution in [0.1, 0.15) is 219 Å². The van der Waals surface area contributed by atoms with E-state index in [0.29, 0.717) is 6.42 Å². The topological polar surface area (TPSA) is 69.7 Å². The normalized spacial score (nSPS) is 11.9. The first kappa shape index (κ1) is 44.0. The highest BCUT2D eigenvalue weighted by Gasteiger charge is 2.22. The third-order valence-corrected chi connectivity index (χ3v) is 9.20. The highest BCUT2D eigenvalue weighted by Crippen LogP contribution is 2.16. The molecule has 5 nitrogen and oxygen atoms in total. The third kappa shape index (κ3) is 34.1. The van der Waals surface area contributed by atoms with Gasteiger partial charge < -0.3 is 9.47 Å². The number of ether oxygens (including phenoxy) is 2. The van der Waals surface area contributed by atoms with Gasteiger partial charge in [-0.1, -0.05) is 194 Å². The lowest BCUT2D eigenvalue weighted by molar-refractivity contribution is -0.161. The highest BCUT2D eigenvalue weighted by atomic mass is 32.1. The molecule has 0 saturated carbocycles. The molecule has 0 saturated heterocycles. The van der Waals surface area contributed by atoms with Crippen LogP contribution in [-0.2, 0) is 23.9 Å². The van der Waals surface area contributed by atoms with E-state index in [1.54, 1.807) is 0 Å². The maximum Gasteiger partial charge on any atom is 0.306 e. The molecule has 0 aliphatic carbocycles. The molecule has 1 atom stereocenters. The maximum atomic E-state index is 12.2. The summed E-state index contributed by atoms with van der Waals surface area (Å²) in [7, 11) is 0. The molecule has 0 N–H and O–H groups in total. The van der Waals surface area contributed by atoms with Gasteiger partial charge in [0.05, 0.1) is 0 Å². The smallest absolute Gasteiger partial charge is 0.306 e. The van der Waals surface area contributed by atoms with Crippen molar-refractivity contribution in [1.29, 1.82) is 0 Å². The SMILES string of the molecule is CCCCCCCCCCCCCCCCCC(=O)OC[C@@H](OC(=O)CCCCCCCCCCCCCCCCC)C(=O)S. The Morgan fingerprint density at radius 3 is 0.978 bits per heavy atom. The van der Waals surface area contributed by atoms with Gasteiger partial charge in [-0.15, -0.1) is 12.6 Å². The molecule has 0 aromatic rings. The molecule has 0 fully saturated rings. The zero-order valence-corrected chi connectivity index (χ0v) is 30.8. The molecule has 0 spiro atoms. The number of hydrogen-bond acceptors (Lipinski definition) is 5. The summed E-state index contributed by atoms with van der Waals surface area (Å²) < 4.78 is 10.5. The van der Waals surface area contributed by atoms with Crippen molar-refractivity contribution in [2.24, 2.45) is 0 Å². The van der Waals surface area contributed by atoms with Crippen molar-refractivity contribution >= 4 is 29.7 Å². The predicted molar refractivity (Wildman–Crippen MR) is 194 cm³/mol. The van der Waals surface area contributed by atoms with Crippen LogP contribution in [0.3, 0.4) is 0 Å². The molecule has 0 bridgehead atoms.